The molecule has 1 aromatic rings. The minimum absolute atomic E-state index is 0.00358. The zero-order valence-electron chi connectivity index (χ0n) is 14.4. The van der Waals surface area contributed by atoms with Gasteiger partial charge in [-0.3, -0.25) is 24.1 Å². The summed E-state index contributed by atoms with van der Waals surface area (Å²) in [5.41, 5.74) is -0.537. The number of hydrogen-bond donors (Lipinski definition) is 4. The van der Waals surface area contributed by atoms with Gasteiger partial charge in [0.25, 0.3) is 0 Å². The summed E-state index contributed by atoms with van der Waals surface area (Å²) in [5.74, 6) is -8.61. The molecule has 1 saturated heterocycles. The van der Waals surface area contributed by atoms with Crippen LogP contribution >= 0.6 is 0 Å². The predicted molar refractivity (Wildman–Crippen MR) is 90.9 cm³/mol. The monoisotopic (exact) mass is 379 g/mol. The third kappa shape index (κ3) is 4.62. The summed E-state index contributed by atoms with van der Waals surface area (Å²) in [6.07, 6.45) is -1.53. The number of carboxylic acid groups (broad SMARTS) is 4. The Kier molecular flexibility index (Phi) is 6.17. The standard InChI is InChI=1S/C18H21NO8/c20-14(21)6-12(16(24)25)18(13(17(26)27)7-15(22)23)9-19(10-18)8-11-4-2-1-3-5-11/h1-5,12-13H,6-10H2,(H,20,21)(H,22,23)(H,24,25)(H,26,27). The summed E-state index contributed by atoms with van der Waals surface area (Å²) >= 11 is 0. The molecule has 0 radical (unpaired) electrons. The molecule has 1 aliphatic rings. The van der Waals surface area contributed by atoms with E-state index in [2.05, 4.69) is 0 Å². The van der Waals surface area contributed by atoms with Crippen LogP contribution in [0.1, 0.15) is 18.4 Å². The first kappa shape index (κ1) is 20.4. The number of carbonyl (C=O) groups is 4. The lowest BCUT2D eigenvalue weighted by Crippen LogP contribution is -2.66. The summed E-state index contributed by atoms with van der Waals surface area (Å²) in [5, 5.41) is 37.2. The minimum atomic E-state index is -1.50. The highest BCUT2D eigenvalue weighted by atomic mass is 16.4. The van der Waals surface area contributed by atoms with Crippen LogP contribution in [0.25, 0.3) is 0 Å². The molecule has 1 aliphatic heterocycles. The van der Waals surface area contributed by atoms with Crippen molar-refractivity contribution >= 4 is 23.9 Å². The van der Waals surface area contributed by atoms with Crippen LogP contribution in [0, 0.1) is 17.3 Å². The van der Waals surface area contributed by atoms with Gasteiger partial charge in [-0.2, -0.15) is 0 Å². The Bertz CT molecular complexity index is 690. The maximum absolute atomic E-state index is 11.7. The summed E-state index contributed by atoms with van der Waals surface area (Å²) < 4.78 is 0. The molecule has 0 aromatic heterocycles. The van der Waals surface area contributed by atoms with Gasteiger partial charge in [-0.15, -0.1) is 0 Å². The number of rotatable bonds is 10. The van der Waals surface area contributed by atoms with E-state index >= 15 is 0 Å². The molecule has 1 aromatic carbocycles. The number of carboxylic acids is 4. The van der Waals surface area contributed by atoms with Crippen molar-refractivity contribution in [3.05, 3.63) is 35.9 Å². The van der Waals surface area contributed by atoms with Crippen LogP contribution in [0.2, 0.25) is 0 Å². The van der Waals surface area contributed by atoms with Crippen molar-refractivity contribution in [2.24, 2.45) is 17.3 Å². The van der Waals surface area contributed by atoms with E-state index in [0.29, 0.717) is 6.54 Å². The third-order valence-corrected chi connectivity index (χ3v) is 5.03. The molecule has 9 nitrogen and oxygen atoms in total. The average Bonchev–Trinajstić information content (AvgIpc) is 2.54. The Labute approximate surface area is 154 Å². The van der Waals surface area contributed by atoms with Crippen LogP contribution < -0.4 is 0 Å². The molecule has 146 valence electrons. The molecule has 1 fully saturated rings. The summed E-state index contributed by atoms with van der Waals surface area (Å²) in [6.45, 7) is 0.425. The Morgan fingerprint density at radius 2 is 1.30 bits per heavy atom. The lowest BCUT2D eigenvalue weighted by atomic mass is 9.59. The molecule has 0 saturated carbocycles. The number of hydrogen-bond acceptors (Lipinski definition) is 5. The second-order valence-electron chi connectivity index (χ2n) is 6.84. The largest absolute Gasteiger partial charge is 0.481 e. The van der Waals surface area contributed by atoms with E-state index in [9.17, 15) is 29.4 Å². The molecule has 0 aliphatic carbocycles. The van der Waals surface area contributed by atoms with Gasteiger partial charge in [0.2, 0.25) is 0 Å². The fraction of sp³-hybridized carbons (Fsp3) is 0.444. The van der Waals surface area contributed by atoms with Crippen LogP contribution in [0.15, 0.2) is 30.3 Å². The van der Waals surface area contributed by atoms with Crippen molar-refractivity contribution in [1.29, 1.82) is 0 Å². The SMILES string of the molecule is O=C(O)CC(C(=O)O)C1(C(CC(=O)O)C(=O)O)CN(Cc2ccccc2)C1. The van der Waals surface area contributed by atoms with E-state index < -0.39 is 54.0 Å². The predicted octanol–water partition coefficient (Wildman–Crippen LogP) is 0.840. The second kappa shape index (κ2) is 8.17. The molecule has 0 spiro atoms. The normalized spacial score (nSPS) is 18.1. The zero-order chi connectivity index (χ0) is 20.2. The molecule has 27 heavy (non-hydrogen) atoms. The lowest BCUT2D eigenvalue weighted by Gasteiger charge is -2.55. The molecular weight excluding hydrogens is 358 g/mol. The number of benzene rings is 1. The molecule has 4 N–H and O–H groups in total. The molecule has 1 heterocycles. The Morgan fingerprint density at radius 1 is 0.852 bits per heavy atom. The van der Waals surface area contributed by atoms with Crippen molar-refractivity contribution in [2.45, 2.75) is 19.4 Å². The zero-order valence-corrected chi connectivity index (χ0v) is 14.4. The number of nitrogens with zero attached hydrogens (tertiary/aromatic N) is 1. The highest BCUT2D eigenvalue weighted by Gasteiger charge is 2.59. The Hall–Kier alpha value is -2.94. The van der Waals surface area contributed by atoms with Crippen molar-refractivity contribution in [3.8, 4) is 0 Å². The summed E-state index contributed by atoms with van der Waals surface area (Å²) in [7, 11) is 0. The molecule has 0 amide bonds. The molecule has 2 atom stereocenters. The fourth-order valence-electron chi connectivity index (χ4n) is 3.85. The van der Waals surface area contributed by atoms with Gasteiger partial charge in [0.15, 0.2) is 0 Å². The highest BCUT2D eigenvalue weighted by molar-refractivity contribution is 5.83. The summed E-state index contributed by atoms with van der Waals surface area (Å²) in [6, 6.07) is 9.22. The topological polar surface area (TPSA) is 152 Å². The van der Waals surface area contributed by atoms with Gasteiger partial charge >= 0.3 is 23.9 Å². The first-order valence-electron chi connectivity index (χ1n) is 8.31. The van der Waals surface area contributed by atoms with Gasteiger partial charge in [-0.1, -0.05) is 30.3 Å². The van der Waals surface area contributed by atoms with Crippen molar-refractivity contribution in [2.75, 3.05) is 13.1 Å². The smallest absolute Gasteiger partial charge is 0.307 e. The van der Waals surface area contributed by atoms with Crippen LogP contribution in [0.5, 0.6) is 0 Å². The van der Waals surface area contributed by atoms with Gasteiger partial charge in [0.1, 0.15) is 0 Å². The van der Waals surface area contributed by atoms with Crippen molar-refractivity contribution in [3.63, 3.8) is 0 Å². The fourth-order valence-corrected chi connectivity index (χ4v) is 3.85. The van der Waals surface area contributed by atoms with Crippen molar-refractivity contribution in [1.82, 2.24) is 4.90 Å². The number of aliphatic carboxylic acids is 4. The summed E-state index contributed by atoms with van der Waals surface area (Å²) in [4.78, 5) is 47.6. The molecular formula is C18H21NO8. The number of likely N-dealkylation sites (tertiary alicyclic amines) is 1. The van der Waals surface area contributed by atoms with E-state index in [4.69, 9.17) is 10.2 Å². The van der Waals surface area contributed by atoms with E-state index in [1.54, 1.807) is 4.90 Å². The quantitative estimate of drug-likeness (QED) is 0.463. The van der Waals surface area contributed by atoms with Gasteiger partial charge in [-0.25, -0.2) is 0 Å². The molecule has 2 unspecified atom stereocenters. The minimum Gasteiger partial charge on any atom is -0.481 e. The Balaban J connectivity index is 2.32. The van der Waals surface area contributed by atoms with E-state index in [1.807, 2.05) is 30.3 Å². The van der Waals surface area contributed by atoms with E-state index in [0.717, 1.165) is 5.56 Å². The maximum atomic E-state index is 11.7. The van der Waals surface area contributed by atoms with Crippen LogP contribution in [0.4, 0.5) is 0 Å². The van der Waals surface area contributed by atoms with Gasteiger partial charge < -0.3 is 20.4 Å². The van der Waals surface area contributed by atoms with Gasteiger partial charge in [0.05, 0.1) is 24.7 Å². The average molecular weight is 379 g/mol. The third-order valence-electron chi connectivity index (χ3n) is 5.03. The van der Waals surface area contributed by atoms with E-state index in [-0.39, 0.29) is 13.1 Å². The van der Waals surface area contributed by atoms with Crippen molar-refractivity contribution < 1.29 is 39.6 Å². The molecule has 2 rings (SSSR count). The van der Waals surface area contributed by atoms with Crippen LogP contribution in [-0.2, 0) is 25.7 Å². The van der Waals surface area contributed by atoms with E-state index in [1.165, 1.54) is 0 Å². The maximum Gasteiger partial charge on any atom is 0.307 e. The highest BCUT2D eigenvalue weighted by Crippen LogP contribution is 2.48. The van der Waals surface area contributed by atoms with Gasteiger partial charge in [-0.05, 0) is 5.56 Å². The molecule has 0 bridgehead atoms. The first-order chi connectivity index (χ1) is 12.7. The lowest BCUT2D eigenvalue weighted by molar-refractivity contribution is -0.180. The first-order valence-corrected chi connectivity index (χ1v) is 8.31. The van der Waals surface area contributed by atoms with Crippen LogP contribution in [-0.4, -0.2) is 62.3 Å². The second-order valence-corrected chi connectivity index (χ2v) is 6.84. The van der Waals surface area contributed by atoms with Gasteiger partial charge in [0, 0.05) is 25.0 Å². The Morgan fingerprint density at radius 3 is 1.67 bits per heavy atom. The van der Waals surface area contributed by atoms with Crippen LogP contribution in [0.3, 0.4) is 0 Å². The molecule has 9 heteroatoms.